The highest BCUT2D eigenvalue weighted by Crippen LogP contribution is 2.35. The minimum atomic E-state index is -0.0741. The lowest BCUT2D eigenvalue weighted by Crippen LogP contribution is -2.59. The van der Waals surface area contributed by atoms with Crippen molar-refractivity contribution in [3.8, 4) is 0 Å². The van der Waals surface area contributed by atoms with E-state index < -0.39 is 0 Å². The summed E-state index contributed by atoms with van der Waals surface area (Å²) in [5.41, 5.74) is 2.05. The van der Waals surface area contributed by atoms with Crippen LogP contribution in [0, 0.1) is 6.92 Å². The second-order valence-electron chi connectivity index (χ2n) is 7.41. The fourth-order valence-corrected chi connectivity index (χ4v) is 4.37. The normalized spacial score (nSPS) is 27.7. The van der Waals surface area contributed by atoms with Crippen LogP contribution in [-0.2, 0) is 0 Å². The molecule has 4 heteroatoms. The molecule has 0 spiro atoms. The van der Waals surface area contributed by atoms with Crippen molar-refractivity contribution < 1.29 is 4.79 Å². The molecule has 1 aromatic rings. The number of hydrogen-bond acceptors (Lipinski definition) is 2. The number of piperidine rings is 2. The lowest BCUT2D eigenvalue weighted by Gasteiger charge is -2.51. The van der Waals surface area contributed by atoms with E-state index in [0.29, 0.717) is 24.2 Å². The van der Waals surface area contributed by atoms with Crippen LogP contribution < -0.4 is 10.6 Å². The maximum absolute atomic E-state index is 12.3. The van der Waals surface area contributed by atoms with E-state index in [1.165, 1.54) is 24.8 Å². The van der Waals surface area contributed by atoms with Crippen LogP contribution in [0.3, 0.4) is 0 Å². The van der Waals surface area contributed by atoms with Gasteiger partial charge in [-0.3, -0.25) is 4.90 Å². The van der Waals surface area contributed by atoms with E-state index in [1.54, 1.807) is 0 Å². The average Bonchev–Trinajstić information content (AvgIpc) is 2.48. The molecule has 0 saturated carbocycles. The van der Waals surface area contributed by atoms with Gasteiger partial charge in [0.15, 0.2) is 0 Å². The van der Waals surface area contributed by atoms with Crippen LogP contribution in [0.25, 0.3) is 0 Å². The van der Waals surface area contributed by atoms with Crippen molar-refractivity contribution in [2.75, 3.05) is 5.32 Å². The fourth-order valence-electron chi connectivity index (χ4n) is 4.37. The van der Waals surface area contributed by atoms with Crippen LogP contribution in [0.5, 0.6) is 0 Å². The summed E-state index contributed by atoms with van der Waals surface area (Å²) < 4.78 is 0. The van der Waals surface area contributed by atoms with Crippen LogP contribution in [0.4, 0.5) is 10.5 Å². The van der Waals surface area contributed by atoms with Gasteiger partial charge in [0.25, 0.3) is 0 Å². The molecular weight excluding hydrogens is 286 g/mol. The number of carbonyl (C=O) groups excluding carboxylic acids is 1. The van der Waals surface area contributed by atoms with Crippen LogP contribution >= 0.6 is 0 Å². The van der Waals surface area contributed by atoms with E-state index in [0.717, 1.165) is 18.5 Å². The molecule has 2 aliphatic heterocycles. The van der Waals surface area contributed by atoms with Gasteiger partial charge in [0.05, 0.1) is 0 Å². The number of nitrogens with one attached hydrogen (secondary N) is 2. The summed E-state index contributed by atoms with van der Waals surface area (Å²) in [4.78, 5) is 14.9. The molecule has 2 aliphatic rings. The zero-order valence-electron chi connectivity index (χ0n) is 14.5. The molecule has 2 fully saturated rings. The van der Waals surface area contributed by atoms with E-state index in [9.17, 15) is 4.79 Å². The lowest BCUT2D eigenvalue weighted by molar-refractivity contribution is 0.00233. The molecule has 0 aromatic heterocycles. The molecule has 0 unspecified atom stereocenters. The summed E-state index contributed by atoms with van der Waals surface area (Å²) in [5.74, 6) is 0. The van der Waals surface area contributed by atoms with Crippen molar-refractivity contribution >= 4 is 11.7 Å². The molecule has 0 aliphatic carbocycles. The number of rotatable bonds is 3. The standard InChI is InChI=1S/C19H29N3O/c1-13(2)22-17-5-4-6-18(22)12-16(11-17)21-19(23)20-15-9-7-14(3)8-10-15/h7-10,13,16-18H,4-6,11-12H2,1-3H3,(H2,20,21,23)/t17-,18-/m0/s1. The van der Waals surface area contributed by atoms with Gasteiger partial charge in [-0.25, -0.2) is 4.79 Å². The Labute approximate surface area is 139 Å². The van der Waals surface area contributed by atoms with Gasteiger partial charge in [0, 0.05) is 29.9 Å². The molecule has 2 N–H and O–H groups in total. The largest absolute Gasteiger partial charge is 0.335 e. The summed E-state index contributed by atoms with van der Waals surface area (Å²) in [7, 11) is 0. The number of fused-ring (bicyclic) bond motifs is 2. The van der Waals surface area contributed by atoms with Gasteiger partial charge in [0.2, 0.25) is 0 Å². The predicted octanol–water partition coefficient (Wildman–Crippen LogP) is 3.91. The molecule has 126 valence electrons. The first kappa shape index (κ1) is 16.3. The van der Waals surface area contributed by atoms with Crippen molar-refractivity contribution in [2.45, 2.75) is 77.0 Å². The Hall–Kier alpha value is -1.55. The minimum absolute atomic E-state index is 0.0741. The van der Waals surface area contributed by atoms with Crippen molar-refractivity contribution in [3.05, 3.63) is 29.8 Å². The number of amides is 2. The minimum Gasteiger partial charge on any atom is -0.335 e. The van der Waals surface area contributed by atoms with E-state index in [2.05, 4.69) is 29.4 Å². The Morgan fingerprint density at radius 2 is 1.74 bits per heavy atom. The maximum atomic E-state index is 12.3. The molecule has 2 bridgehead atoms. The smallest absolute Gasteiger partial charge is 0.319 e. The molecule has 2 atom stereocenters. The first-order chi connectivity index (χ1) is 11.0. The van der Waals surface area contributed by atoms with Gasteiger partial charge in [0.1, 0.15) is 0 Å². The van der Waals surface area contributed by atoms with E-state index >= 15 is 0 Å². The fraction of sp³-hybridized carbons (Fsp3) is 0.632. The van der Waals surface area contributed by atoms with Crippen molar-refractivity contribution in [1.82, 2.24) is 10.2 Å². The third kappa shape index (κ3) is 3.86. The van der Waals surface area contributed by atoms with Crippen LogP contribution in [0.1, 0.15) is 51.5 Å². The molecule has 2 heterocycles. The zero-order chi connectivity index (χ0) is 16.4. The Morgan fingerprint density at radius 3 is 2.30 bits per heavy atom. The van der Waals surface area contributed by atoms with Gasteiger partial charge in [-0.1, -0.05) is 24.1 Å². The average molecular weight is 315 g/mol. The highest BCUT2D eigenvalue weighted by Gasteiger charge is 2.39. The Balaban J connectivity index is 1.56. The summed E-state index contributed by atoms with van der Waals surface area (Å²) in [5, 5.41) is 6.15. The first-order valence-corrected chi connectivity index (χ1v) is 8.94. The Morgan fingerprint density at radius 1 is 1.13 bits per heavy atom. The molecule has 1 aromatic carbocycles. The number of urea groups is 1. The molecule has 2 saturated heterocycles. The number of anilines is 1. The van der Waals surface area contributed by atoms with Gasteiger partial charge in [-0.15, -0.1) is 0 Å². The highest BCUT2D eigenvalue weighted by atomic mass is 16.2. The van der Waals surface area contributed by atoms with Crippen LogP contribution in [-0.4, -0.2) is 35.1 Å². The van der Waals surface area contributed by atoms with Crippen molar-refractivity contribution in [3.63, 3.8) is 0 Å². The number of carbonyl (C=O) groups is 1. The van der Waals surface area contributed by atoms with Gasteiger partial charge >= 0.3 is 6.03 Å². The van der Waals surface area contributed by atoms with Gasteiger partial charge < -0.3 is 10.6 Å². The molecule has 23 heavy (non-hydrogen) atoms. The molecule has 3 rings (SSSR count). The third-order valence-corrected chi connectivity index (χ3v) is 5.27. The zero-order valence-corrected chi connectivity index (χ0v) is 14.5. The summed E-state index contributed by atoms with van der Waals surface area (Å²) in [6.45, 7) is 6.64. The topological polar surface area (TPSA) is 44.4 Å². The van der Waals surface area contributed by atoms with Crippen molar-refractivity contribution in [2.24, 2.45) is 0 Å². The monoisotopic (exact) mass is 315 g/mol. The van der Waals surface area contributed by atoms with Gasteiger partial charge in [-0.2, -0.15) is 0 Å². The maximum Gasteiger partial charge on any atom is 0.319 e. The molecule has 4 nitrogen and oxygen atoms in total. The highest BCUT2D eigenvalue weighted by molar-refractivity contribution is 5.89. The molecule has 2 amide bonds. The van der Waals surface area contributed by atoms with E-state index in [4.69, 9.17) is 0 Å². The molecule has 0 radical (unpaired) electrons. The number of nitrogens with zero attached hydrogens (tertiary/aromatic N) is 1. The quantitative estimate of drug-likeness (QED) is 0.888. The van der Waals surface area contributed by atoms with E-state index in [-0.39, 0.29) is 6.03 Å². The third-order valence-electron chi connectivity index (χ3n) is 5.27. The molecular formula is C19H29N3O. The lowest BCUT2D eigenvalue weighted by atomic mass is 9.81. The SMILES string of the molecule is Cc1ccc(NC(=O)NC2C[C@@H]3CCC[C@@H](C2)N3C(C)C)cc1. The number of benzene rings is 1. The summed E-state index contributed by atoms with van der Waals surface area (Å²) in [6.07, 6.45) is 6.03. The van der Waals surface area contributed by atoms with Gasteiger partial charge in [-0.05, 0) is 58.6 Å². The second-order valence-corrected chi connectivity index (χ2v) is 7.41. The Bertz CT molecular complexity index is 526. The summed E-state index contributed by atoms with van der Waals surface area (Å²) in [6, 6.07) is 10.0. The number of hydrogen-bond donors (Lipinski definition) is 2. The van der Waals surface area contributed by atoms with E-state index in [1.807, 2.05) is 31.2 Å². The number of aryl methyl sites for hydroxylation is 1. The second kappa shape index (κ2) is 6.91. The van der Waals surface area contributed by atoms with Crippen LogP contribution in [0.15, 0.2) is 24.3 Å². The summed E-state index contributed by atoms with van der Waals surface area (Å²) >= 11 is 0. The van der Waals surface area contributed by atoms with Crippen LogP contribution in [0.2, 0.25) is 0 Å². The van der Waals surface area contributed by atoms with Crippen molar-refractivity contribution in [1.29, 1.82) is 0 Å². The first-order valence-electron chi connectivity index (χ1n) is 8.94. The Kier molecular flexibility index (Phi) is 4.90. The predicted molar refractivity (Wildman–Crippen MR) is 94.8 cm³/mol.